The van der Waals surface area contributed by atoms with Crippen LogP contribution < -0.4 is 0 Å². The molecule has 1 fully saturated rings. The van der Waals surface area contributed by atoms with Gasteiger partial charge in [-0.2, -0.15) is 0 Å². The monoisotopic (exact) mass is 1060 g/mol. The average molecular weight is 1060 g/mol. The van der Waals surface area contributed by atoms with Crippen LogP contribution in [0.25, 0.3) is 0 Å². The fraction of sp³-hybridized carbons (Fsp3) is 0.971. The molecule has 2 amide bonds. The molecule has 1 aliphatic heterocycles. The highest BCUT2D eigenvalue weighted by molar-refractivity contribution is 5.76. The number of likely N-dealkylation sites (tertiary alicyclic amines) is 1. The molecule has 0 N–H and O–H groups in total. The Bertz CT molecular complexity index is 1140. The summed E-state index contributed by atoms with van der Waals surface area (Å²) in [5.41, 5.74) is 0.312. The minimum atomic E-state index is 0.312. The molecular weight excluding hydrogens is 917 g/mol. The number of amides is 2. The van der Waals surface area contributed by atoms with Crippen molar-refractivity contribution in [3.05, 3.63) is 0 Å². The maximum Gasteiger partial charge on any atom is 0.222 e. The molecule has 0 radical (unpaired) electrons. The van der Waals surface area contributed by atoms with E-state index in [1.807, 2.05) is 0 Å². The molecule has 0 aliphatic carbocycles. The van der Waals surface area contributed by atoms with Crippen LogP contribution in [0.1, 0.15) is 369 Å². The normalized spacial score (nSPS) is 14.8. The number of carbonyl (C=O) groups is 2. The molecule has 0 aromatic carbocycles. The molecular formula is C69H138N4O2. The summed E-state index contributed by atoms with van der Waals surface area (Å²) in [7, 11) is 0. The van der Waals surface area contributed by atoms with E-state index in [0.29, 0.717) is 17.4 Å². The first kappa shape index (κ1) is 71.9. The quantitative estimate of drug-likeness (QED) is 0.0570. The third-order valence-electron chi connectivity index (χ3n) is 17.8. The van der Waals surface area contributed by atoms with Gasteiger partial charge in [-0.3, -0.25) is 14.5 Å². The summed E-state index contributed by atoms with van der Waals surface area (Å²) in [5.74, 6) is 0.866. The number of rotatable bonds is 61. The molecule has 1 rings (SSSR count). The lowest BCUT2D eigenvalue weighted by Crippen LogP contribution is -2.61. The van der Waals surface area contributed by atoms with Crippen LogP contribution in [0.4, 0.5) is 0 Å². The van der Waals surface area contributed by atoms with Crippen molar-refractivity contribution in [1.82, 2.24) is 19.6 Å². The first-order valence-electron chi connectivity index (χ1n) is 34.9. The predicted molar refractivity (Wildman–Crippen MR) is 333 cm³/mol. The highest BCUT2D eigenvalue weighted by atomic mass is 16.2. The summed E-state index contributed by atoms with van der Waals surface area (Å²) in [6, 6.07) is 0. The Morgan fingerprint density at radius 2 is 0.587 bits per heavy atom. The van der Waals surface area contributed by atoms with Crippen molar-refractivity contribution < 1.29 is 9.59 Å². The predicted octanol–water partition coefficient (Wildman–Crippen LogP) is 21.0. The third kappa shape index (κ3) is 41.5. The number of carbonyl (C=O) groups excluding carboxylic acids is 2. The fourth-order valence-corrected chi connectivity index (χ4v) is 12.3. The van der Waals surface area contributed by atoms with Crippen molar-refractivity contribution in [1.29, 1.82) is 0 Å². The summed E-state index contributed by atoms with van der Waals surface area (Å²) >= 11 is 0. The van der Waals surface area contributed by atoms with E-state index < -0.39 is 0 Å². The van der Waals surface area contributed by atoms with E-state index in [2.05, 4.69) is 61.1 Å². The van der Waals surface area contributed by atoms with Gasteiger partial charge < -0.3 is 14.7 Å². The molecule has 1 heterocycles. The molecule has 446 valence electrons. The number of unbranched alkanes of at least 4 members (excludes halogenated alkanes) is 38. The lowest BCUT2D eigenvalue weighted by Gasteiger charge is -2.54. The second-order valence-corrected chi connectivity index (χ2v) is 24.7. The molecule has 1 atom stereocenters. The van der Waals surface area contributed by atoms with E-state index in [1.165, 1.54) is 335 Å². The smallest absolute Gasteiger partial charge is 0.222 e. The summed E-state index contributed by atoms with van der Waals surface area (Å²) in [4.78, 5) is 38.0. The van der Waals surface area contributed by atoms with E-state index in [0.717, 1.165) is 51.9 Å². The number of hydrogen-bond donors (Lipinski definition) is 0. The van der Waals surface area contributed by atoms with E-state index in [4.69, 9.17) is 0 Å². The average Bonchev–Trinajstić information content (AvgIpc) is 3.41. The van der Waals surface area contributed by atoms with Crippen LogP contribution in [-0.2, 0) is 9.59 Å². The Labute approximate surface area is 472 Å². The SMILES string of the molecule is CCCCCCCCCCN(CCCCCCCCCC)C(=O)CCCCCN1CCC1(CCCCCC(=O)N(CCCCCCCCCC)CCCCCCCCCC)CCN(CCCCCC)CCCCCC. The van der Waals surface area contributed by atoms with Gasteiger partial charge in [0.05, 0.1) is 0 Å². The Kier molecular flexibility index (Phi) is 52.5. The standard InChI is InChI=1S/C69H138N4O2/c1-7-13-19-25-29-33-37-48-60-71(61-49-38-34-30-26-20-14-8-2)67(74)53-43-41-45-55-69(56-65-70(58-46-23-17-11-5)59-47-24-18-12-6)57-66-73(69)64-52-42-44-54-68(75)72(62-50-39-35-31-27-21-15-9-3)63-51-40-36-32-28-22-16-10-4/h7-66H2,1-6H3. The molecule has 0 aromatic heterocycles. The van der Waals surface area contributed by atoms with E-state index in [9.17, 15) is 9.59 Å². The van der Waals surface area contributed by atoms with Crippen LogP contribution in [0, 0.1) is 0 Å². The highest BCUT2D eigenvalue weighted by Crippen LogP contribution is 2.39. The van der Waals surface area contributed by atoms with Gasteiger partial charge in [-0.1, -0.05) is 279 Å². The lowest BCUT2D eigenvalue weighted by molar-refractivity contribution is -0.132. The molecule has 1 aliphatic rings. The van der Waals surface area contributed by atoms with Gasteiger partial charge in [0.1, 0.15) is 0 Å². The van der Waals surface area contributed by atoms with Gasteiger partial charge in [0.15, 0.2) is 0 Å². The van der Waals surface area contributed by atoms with Crippen LogP contribution in [0.5, 0.6) is 0 Å². The summed E-state index contributed by atoms with van der Waals surface area (Å²) in [6.45, 7) is 24.0. The van der Waals surface area contributed by atoms with Crippen molar-refractivity contribution in [2.24, 2.45) is 0 Å². The first-order valence-corrected chi connectivity index (χ1v) is 34.9. The van der Waals surface area contributed by atoms with Gasteiger partial charge in [0, 0.05) is 51.1 Å². The zero-order valence-corrected chi connectivity index (χ0v) is 52.5. The molecule has 75 heavy (non-hydrogen) atoms. The maximum absolute atomic E-state index is 13.9. The van der Waals surface area contributed by atoms with E-state index >= 15 is 0 Å². The Morgan fingerprint density at radius 1 is 0.307 bits per heavy atom. The second-order valence-electron chi connectivity index (χ2n) is 24.7. The molecule has 0 aromatic rings. The topological polar surface area (TPSA) is 47.1 Å². The molecule has 0 saturated carbocycles. The zero-order valence-electron chi connectivity index (χ0n) is 52.5. The first-order chi connectivity index (χ1) is 36.9. The van der Waals surface area contributed by atoms with Crippen LogP contribution >= 0.6 is 0 Å². The maximum atomic E-state index is 13.9. The van der Waals surface area contributed by atoms with Gasteiger partial charge in [-0.25, -0.2) is 0 Å². The number of nitrogens with zero attached hydrogens (tertiary/aromatic N) is 4. The summed E-state index contributed by atoms with van der Waals surface area (Å²) < 4.78 is 0. The summed E-state index contributed by atoms with van der Waals surface area (Å²) in [6.07, 6.45) is 65.4. The van der Waals surface area contributed by atoms with Gasteiger partial charge in [0.25, 0.3) is 0 Å². The molecule has 6 nitrogen and oxygen atoms in total. The Hall–Kier alpha value is -1.14. The van der Waals surface area contributed by atoms with Gasteiger partial charge in [0.2, 0.25) is 11.8 Å². The van der Waals surface area contributed by atoms with Crippen molar-refractivity contribution in [2.45, 2.75) is 375 Å². The van der Waals surface area contributed by atoms with E-state index in [-0.39, 0.29) is 0 Å². The molecule has 0 bridgehead atoms. The van der Waals surface area contributed by atoms with Crippen molar-refractivity contribution >= 4 is 11.8 Å². The van der Waals surface area contributed by atoms with Crippen molar-refractivity contribution in [3.8, 4) is 0 Å². The number of hydrogen-bond acceptors (Lipinski definition) is 4. The lowest BCUT2D eigenvalue weighted by atomic mass is 9.76. The van der Waals surface area contributed by atoms with Gasteiger partial charge in [-0.05, 0) is 103 Å². The largest absolute Gasteiger partial charge is 0.343 e. The van der Waals surface area contributed by atoms with Crippen LogP contribution in [0.2, 0.25) is 0 Å². The molecule has 6 heteroatoms. The minimum Gasteiger partial charge on any atom is -0.343 e. The van der Waals surface area contributed by atoms with Crippen LogP contribution in [0.3, 0.4) is 0 Å². The Morgan fingerprint density at radius 3 is 0.907 bits per heavy atom. The fourth-order valence-electron chi connectivity index (χ4n) is 12.3. The molecule has 1 unspecified atom stereocenters. The van der Waals surface area contributed by atoms with Gasteiger partial charge >= 0.3 is 0 Å². The zero-order chi connectivity index (χ0) is 54.4. The van der Waals surface area contributed by atoms with E-state index in [1.54, 1.807) is 0 Å². The molecule has 1 saturated heterocycles. The molecule has 0 spiro atoms. The van der Waals surface area contributed by atoms with Crippen molar-refractivity contribution in [3.63, 3.8) is 0 Å². The minimum absolute atomic E-state index is 0.312. The van der Waals surface area contributed by atoms with Gasteiger partial charge in [-0.15, -0.1) is 0 Å². The third-order valence-corrected chi connectivity index (χ3v) is 17.8. The van der Waals surface area contributed by atoms with Crippen LogP contribution in [0.15, 0.2) is 0 Å². The highest BCUT2D eigenvalue weighted by Gasteiger charge is 2.43. The van der Waals surface area contributed by atoms with Crippen molar-refractivity contribution in [2.75, 3.05) is 58.9 Å². The second kappa shape index (κ2) is 54.8. The Balaban J connectivity index is 2.88. The summed E-state index contributed by atoms with van der Waals surface area (Å²) in [5, 5.41) is 0. The van der Waals surface area contributed by atoms with Crippen LogP contribution in [-0.4, -0.2) is 95.9 Å².